The standard InChI is InChI=1S/C21H19N/c22-15-7-12-19-13-14-20(17-8-3-1-4-9-17)16-21(19)18-10-5-2-6-11-18/h1-12,14-16H,13,22H2/b15-7-,19-12+. The summed E-state index contributed by atoms with van der Waals surface area (Å²) in [6, 6.07) is 21.0. The maximum atomic E-state index is 5.49. The summed E-state index contributed by atoms with van der Waals surface area (Å²) < 4.78 is 0. The van der Waals surface area contributed by atoms with Crippen molar-refractivity contribution in [3.8, 4) is 0 Å². The number of rotatable bonds is 3. The second-order valence-corrected chi connectivity index (χ2v) is 5.23. The molecule has 0 heterocycles. The molecular weight excluding hydrogens is 266 g/mol. The minimum Gasteiger partial charge on any atom is -0.405 e. The molecule has 0 saturated heterocycles. The van der Waals surface area contributed by atoms with Crippen molar-refractivity contribution in [1.29, 1.82) is 0 Å². The average molecular weight is 285 g/mol. The van der Waals surface area contributed by atoms with Crippen LogP contribution in [-0.2, 0) is 0 Å². The summed E-state index contributed by atoms with van der Waals surface area (Å²) in [5.41, 5.74) is 11.8. The van der Waals surface area contributed by atoms with Gasteiger partial charge in [-0.05, 0) is 52.6 Å². The monoisotopic (exact) mass is 285 g/mol. The lowest BCUT2D eigenvalue weighted by Gasteiger charge is -2.18. The summed E-state index contributed by atoms with van der Waals surface area (Å²) in [5.74, 6) is 0. The molecule has 0 aromatic heterocycles. The van der Waals surface area contributed by atoms with E-state index in [9.17, 15) is 0 Å². The molecule has 0 radical (unpaired) electrons. The molecule has 0 spiro atoms. The topological polar surface area (TPSA) is 26.0 Å². The fourth-order valence-electron chi connectivity index (χ4n) is 2.68. The van der Waals surface area contributed by atoms with Gasteiger partial charge in [0, 0.05) is 0 Å². The molecule has 0 bridgehead atoms. The number of allylic oxidation sites excluding steroid dienone is 7. The van der Waals surface area contributed by atoms with Crippen molar-refractivity contribution in [2.75, 3.05) is 0 Å². The van der Waals surface area contributed by atoms with Crippen molar-refractivity contribution in [2.45, 2.75) is 6.42 Å². The van der Waals surface area contributed by atoms with Crippen molar-refractivity contribution in [2.24, 2.45) is 5.73 Å². The van der Waals surface area contributed by atoms with Crippen LogP contribution in [0.15, 0.2) is 96.7 Å². The lowest BCUT2D eigenvalue weighted by Crippen LogP contribution is -1.97. The molecule has 1 aliphatic carbocycles. The van der Waals surface area contributed by atoms with Gasteiger partial charge in [0.2, 0.25) is 0 Å². The van der Waals surface area contributed by atoms with E-state index in [2.05, 4.69) is 66.8 Å². The molecule has 1 heteroatoms. The number of benzene rings is 2. The van der Waals surface area contributed by atoms with Gasteiger partial charge in [-0.1, -0.05) is 72.8 Å². The summed E-state index contributed by atoms with van der Waals surface area (Å²) in [6.07, 6.45) is 11.0. The molecule has 2 aromatic rings. The summed E-state index contributed by atoms with van der Waals surface area (Å²) in [6.45, 7) is 0. The highest BCUT2D eigenvalue weighted by molar-refractivity contribution is 5.93. The Morgan fingerprint density at radius 2 is 1.45 bits per heavy atom. The molecule has 0 atom stereocenters. The summed E-state index contributed by atoms with van der Waals surface area (Å²) in [7, 11) is 0. The largest absolute Gasteiger partial charge is 0.405 e. The van der Waals surface area contributed by atoms with E-state index in [0.717, 1.165) is 6.42 Å². The van der Waals surface area contributed by atoms with Crippen molar-refractivity contribution >= 4 is 11.1 Å². The quantitative estimate of drug-likeness (QED) is 0.847. The fraction of sp³-hybridized carbons (Fsp3) is 0.0476. The lowest BCUT2D eigenvalue weighted by atomic mass is 9.86. The summed E-state index contributed by atoms with van der Waals surface area (Å²) >= 11 is 0. The zero-order valence-electron chi connectivity index (χ0n) is 12.4. The number of hydrogen-bond donors (Lipinski definition) is 1. The lowest BCUT2D eigenvalue weighted by molar-refractivity contribution is 1.27. The van der Waals surface area contributed by atoms with Crippen molar-refractivity contribution in [3.05, 3.63) is 108 Å². The maximum Gasteiger partial charge on any atom is -0.00623 e. The van der Waals surface area contributed by atoms with Gasteiger partial charge in [-0.2, -0.15) is 0 Å². The molecule has 0 saturated carbocycles. The molecule has 2 aromatic carbocycles. The Kier molecular flexibility index (Phi) is 4.35. The highest BCUT2D eigenvalue weighted by Crippen LogP contribution is 2.34. The second kappa shape index (κ2) is 6.77. The first-order valence-corrected chi connectivity index (χ1v) is 7.49. The van der Waals surface area contributed by atoms with E-state index in [-0.39, 0.29) is 0 Å². The first-order valence-electron chi connectivity index (χ1n) is 7.49. The molecular formula is C21H19N. The van der Waals surface area contributed by atoms with Gasteiger partial charge in [-0.25, -0.2) is 0 Å². The first kappa shape index (κ1) is 14.2. The Bertz CT molecular complexity index is 747. The third-order valence-corrected chi connectivity index (χ3v) is 3.79. The molecule has 22 heavy (non-hydrogen) atoms. The van der Waals surface area contributed by atoms with Crippen LogP contribution in [0.3, 0.4) is 0 Å². The maximum absolute atomic E-state index is 5.49. The normalized spacial score (nSPS) is 16.6. The Morgan fingerprint density at radius 1 is 0.818 bits per heavy atom. The van der Waals surface area contributed by atoms with Crippen LogP contribution in [0.5, 0.6) is 0 Å². The number of nitrogens with two attached hydrogens (primary N) is 1. The van der Waals surface area contributed by atoms with Gasteiger partial charge >= 0.3 is 0 Å². The van der Waals surface area contributed by atoms with Gasteiger partial charge in [0.1, 0.15) is 0 Å². The fourth-order valence-corrected chi connectivity index (χ4v) is 2.68. The molecule has 0 unspecified atom stereocenters. The van der Waals surface area contributed by atoms with E-state index in [1.165, 1.54) is 27.8 Å². The van der Waals surface area contributed by atoms with Gasteiger partial charge in [0.05, 0.1) is 0 Å². The van der Waals surface area contributed by atoms with Crippen molar-refractivity contribution in [3.63, 3.8) is 0 Å². The van der Waals surface area contributed by atoms with Gasteiger partial charge in [-0.3, -0.25) is 0 Å². The predicted molar refractivity (Wildman–Crippen MR) is 94.9 cm³/mol. The summed E-state index contributed by atoms with van der Waals surface area (Å²) in [5, 5.41) is 0. The van der Waals surface area contributed by atoms with Gasteiger partial charge in [-0.15, -0.1) is 0 Å². The summed E-state index contributed by atoms with van der Waals surface area (Å²) in [4.78, 5) is 0. The molecule has 2 N–H and O–H groups in total. The minimum atomic E-state index is 0.912. The zero-order valence-corrected chi connectivity index (χ0v) is 12.4. The van der Waals surface area contributed by atoms with E-state index < -0.39 is 0 Å². The molecule has 1 nitrogen and oxygen atoms in total. The van der Waals surface area contributed by atoms with Gasteiger partial charge in [0.25, 0.3) is 0 Å². The second-order valence-electron chi connectivity index (χ2n) is 5.23. The zero-order chi connectivity index (χ0) is 15.2. The average Bonchev–Trinajstić information content (AvgIpc) is 2.61. The van der Waals surface area contributed by atoms with E-state index in [0.29, 0.717) is 0 Å². The molecule has 0 amide bonds. The first-order chi connectivity index (χ1) is 10.9. The molecule has 0 aliphatic heterocycles. The molecule has 108 valence electrons. The van der Waals surface area contributed by atoms with Gasteiger partial charge in [0.15, 0.2) is 0 Å². The minimum absolute atomic E-state index is 0.912. The van der Waals surface area contributed by atoms with Crippen LogP contribution >= 0.6 is 0 Å². The van der Waals surface area contributed by atoms with E-state index >= 15 is 0 Å². The Labute approximate surface area is 131 Å². The molecule has 0 fully saturated rings. The predicted octanol–water partition coefficient (Wildman–Crippen LogP) is 4.96. The highest BCUT2D eigenvalue weighted by atomic mass is 14.5. The van der Waals surface area contributed by atoms with Crippen LogP contribution in [0.4, 0.5) is 0 Å². The molecule has 1 aliphatic rings. The van der Waals surface area contributed by atoms with Crippen LogP contribution in [0, 0.1) is 0 Å². The Morgan fingerprint density at radius 3 is 2.09 bits per heavy atom. The SMILES string of the molecule is N/C=C\C=C1/CC=C(c2ccccc2)C=C1c1ccccc1. The molecule has 3 rings (SSSR count). The van der Waals surface area contributed by atoms with Crippen molar-refractivity contribution < 1.29 is 0 Å². The van der Waals surface area contributed by atoms with Crippen LogP contribution in [0.2, 0.25) is 0 Å². The Hall–Kier alpha value is -2.80. The van der Waals surface area contributed by atoms with E-state index in [4.69, 9.17) is 5.73 Å². The Balaban J connectivity index is 2.05. The van der Waals surface area contributed by atoms with E-state index in [1.54, 1.807) is 6.20 Å². The van der Waals surface area contributed by atoms with Crippen LogP contribution < -0.4 is 5.73 Å². The third-order valence-electron chi connectivity index (χ3n) is 3.79. The van der Waals surface area contributed by atoms with Crippen molar-refractivity contribution in [1.82, 2.24) is 0 Å². The smallest absolute Gasteiger partial charge is 0.00623 e. The third kappa shape index (κ3) is 3.09. The van der Waals surface area contributed by atoms with Crippen LogP contribution in [0.25, 0.3) is 11.1 Å². The van der Waals surface area contributed by atoms with Crippen LogP contribution in [0.1, 0.15) is 17.5 Å². The highest BCUT2D eigenvalue weighted by Gasteiger charge is 2.13. The number of hydrogen-bond acceptors (Lipinski definition) is 1. The van der Waals surface area contributed by atoms with Crippen LogP contribution in [-0.4, -0.2) is 0 Å². The van der Waals surface area contributed by atoms with E-state index in [1.807, 2.05) is 18.2 Å². The van der Waals surface area contributed by atoms with Gasteiger partial charge < -0.3 is 5.73 Å².